The molecule has 0 unspecified atom stereocenters. The number of aromatic nitrogens is 6. The fourth-order valence-electron chi connectivity index (χ4n) is 1.86. The van der Waals surface area contributed by atoms with Crippen LogP contribution in [0.5, 0.6) is 0 Å². The van der Waals surface area contributed by atoms with Gasteiger partial charge in [0.1, 0.15) is 17.5 Å². The summed E-state index contributed by atoms with van der Waals surface area (Å²) in [6.07, 6.45) is 3.22. The molecule has 6 heteroatoms. The van der Waals surface area contributed by atoms with Gasteiger partial charge in [-0.05, 0) is 19.9 Å². The number of hydrogen-bond donors (Lipinski definition) is 1. The van der Waals surface area contributed by atoms with Crippen LogP contribution in [-0.4, -0.2) is 29.7 Å². The van der Waals surface area contributed by atoms with E-state index in [4.69, 9.17) is 0 Å². The average molecular weight is 228 g/mol. The Balaban J connectivity index is 2.19. The second-order valence-electron chi connectivity index (χ2n) is 3.83. The molecule has 0 spiro atoms. The lowest BCUT2D eigenvalue weighted by Gasteiger charge is -1.99. The van der Waals surface area contributed by atoms with Crippen LogP contribution in [0, 0.1) is 6.92 Å². The molecular formula is C11H12N6. The number of hydrogen-bond acceptors (Lipinski definition) is 4. The molecule has 86 valence electrons. The van der Waals surface area contributed by atoms with Crippen molar-refractivity contribution in [3.63, 3.8) is 0 Å². The summed E-state index contributed by atoms with van der Waals surface area (Å²) in [5.41, 5.74) is 3.47. The van der Waals surface area contributed by atoms with E-state index in [0.717, 1.165) is 29.3 Å². The maximum atomic E-state index is 4.44. The van der Waals surface area contributed by atoms with Gasteiger partial charge in [-0.3, -0.25) is 4.68 Å². The molecule has 6 nitrogen and oxygen atoms in total. The second kappa shape index (κ2) is 3.65. The molecule has 0 aliphatic heterocycles. The number of nitrogens with zero attached hydrogens (tertiary/aromatic N) is 5. The maximum Gasteiger partial charge on any atom is 0.181 e. The van der Waals surface area contributed by atoms with E-state index in [1.807, 2.05) is 17.7 Å². The Morgan fingerprint density at radius 1 is 1.41 bits per heavy atom. The molecule has 0 aliphatic carbocycles. The van der Waals surface area contributed by atoms with Gasteiger partial charge in [0.15, 0.2) is 11.5 Å². The van der Waals surface area contributed by atoms with E-state index in [2.05, 4.69) is 32.0 Å². The molecule has 3 rings (SSSR count). The first-order valence-corrected chi connectivity index (χ1v) is 5.48. The Bertz CT molecular complexity index is 632. The molecule has 0 fully saturated rings. The van der Waals surface area contributed by atoms with Crippen molar-refractivity contribution in [2.24, 2.45) is 0 Å². The summed E-state index contributed by atoms with van der Waals surface area (Å²) in [6.45, 7) is 4.84. The first-order valence-electron chi connectivity index (χ1n) is 5.48. The molecule has 0 radical (unpaired) electrons. The van der Waals surface area contributed by atoms with E-state index in [1.165, 1.54) is 6.33 Å². The van der Waals surface area contributed by atoms with Gasteiger partial charge in [-0.1, -0.05) is 0 Å². The van der Waals surface area contributed by atoms with Crippen molar-refractivity contribution in [3.8, 4) is 11.5 Å². The fourth-order valence-corrected chi connectivity index (χ4v) is 1.86. The molecule has 0 atom stereocenters. The lowest BCUT2D eigenvalue weighted by molar-refractivity contribution is 0.658. The Hall–Kier alpha value is -2.24. The molecule has 17 heavy (non-hydrogen) atoms. The number of aromatic amines is 1. The van der Waals surface area contributed by atoms with Gasteiger partial charge in [-0.15, -0.1) is 0 Å². The van der Waals surface area contributed by atoms with Gasteiger partial charge >= 0.3 is 0 Å². The van der Waals surface area contributed by atoms with Gasteiger partial charge in [0.05, 0.1) is 11.9 Å². The van der Waals surface area contributed by atoms with Crippen LogP contribution in [0.25, 0.3) is 22.7 Å². The molecule has 0 bridgehead atoms. The molecule has 1 N–H and O–H groups in total. The summed E-state index contributed by atoms with van der Waals surface area (Å²) in [4.78, 5) is 15.7. The van der Waals surface area contributed by atoms with Gasteiger partial charge in [0.2, 0.25) is 0 Å². The number of imidazole rings is 1. The Morgan fingerprint density at radius 3 is 3.06 bits per heavy atom. The summed E-state index contributed by atoms with van der Waals surface area (Å²) in [5.74, 6) is 0.781. The van der Waals surface area contributed by atoms with Crippen molar-refractivity contribution in [2.45, 2.75) is 20.4 Å². The van der Waals surface area contributed by atoms with Gasteiger partial charge in [0, 0.05) is 6.54 Å². The van der Waals surface area contributed by atoms with E-state index in [9.17, 15) is 0 Å². The minimum atomic E-state index is 0.677. The minimum Gasteiger partial charge on any atom is -0.334 e. The van der Waals surface area contributed by atoms with Crippen LogP contribution in [0.15, 0.2) is 18.6 Å². The van der Waals surface area contributed by atoms with Crippen LogP contribution in [0.4, 0.5) is 0 Å². The van der Waals surface area contributed by atoms with Crippen molar-refractivity contribution in [1.29, 1.82) is 0 Å². The van der Waals surface area contributed by atoms with Gasteiger partial charge in [-0.25, -0.2) is 15.0 Å². The minimum absolute atomic E-state index is 0.677. The van der Waals surface area contributed by atoms with E-state index in [0.29, 0.717) is 5.65 Å². The number of H-pyrrole nitrogens is 1. The fraction of sp³-hybridized carbons (Fsp3) is 0.273. The molecule has 0 saturated carbocycles. The standard InChI is InChI=1S/C11H12N6/c1-3-17-9(4-7(2)16-17)11-14-8-5-12-6-13-10(8)15-11/h4-6H,3H2,1-2H3,(H,12,13,14,15). The van der Waals surface area contributed by atoms with E-state index in [-0.39, 0.29) is 0 Å². The average Bonchev–Trinajstić information content (AvgIpc) is 2.91. The lowest BCUT2D eigenvalue weighted by Crippen LogP contribution is -1.99. The van der Waals surface area contributed by atoms with E-state index < -0.39 is 0 Å². The highest BCUT2D eigenvalue weighted by atomic mass is 15.3. The van der Waals surface area contributed by atoms with Crippen molar-refractivity contribution in [1.82, 2.24) is 29.7 Å². The highest BCUT2D eigenvalue weighted by molar-refractivity contribution is 5.73. The van der Waals surface area contributed by atoms with Crippen LogP contribution in [-0.2, 0) is 6.54 Å². The summed E-state index contributed by atoms with van der Waals surface area (Å²) in [7, 11) is 0. The summed E-state index contributed by atoms with van der Waals surface area (Å²) in [6, 6.07) is 2.01. The van der Waals surface area contributed by atoms with Crippen molar-refractivity contribution in [2.75, 3.05) is 0 Å². The molecule has 0 aromatic carbocycles. The number of nitrogens with one attached hydrogen (secondary N) is 1. The molecule has 0 aliphatic rings. The maximum absolute atomic E-state index is 4.44. The van der Waals surface area contributed by atoms with E-state index >= 15 is 0 Å². The summed E-state index contributed by atoms with van der Waals surface area (Å²) in [5, 5.41) is 4.40. The van der Waals surface area contributed by atoms with Crippen LogP contribution < -0.4 is 0 Å². The number of rotatable bonds is 2. The van der Waals surface area contributed by atoms with Crippen molar-refractivity contribution in [3.05, 3.63) is 24.3 Å². The largest absolute Gasteiger partial charge is 0.334 e. The van der Waals surface area contributed by atoms with Crippen molar-refractivity contribution >= 4 is 11.2 Å². The second-order valence-corrected chi connectivity index (χ2v) is 3.83. The monoisotopic (exact) mass is 228 g/mol. The van der Waals surface area contributed by atoms with Crippen LogP contribution in [0.1, 0.15) is 12.6 Å². The summed E-state index contributed by atoms with van der Waals surface area (Å²) < 4.78 is 1.92. The zero-order chi connectivity index (χ0) is 11.8. The van der Waals surface area contributed by atoms with Crippen LogP contribution in [0.3, 0.4) is 0 Å². The van der Waals surface area contributed by atoms with E-state index in [1.54, 1.807) is 6.20 Å². The quantitative estimate of drug-likeness (QED) is 0.722. The van der Waals surface area contributed by atoms with Gasteiger partial charge < -0.3 is 4.98 Å². The smallest absolute Gasteiger partial charge is 0.181 e. The normalized spacial score (nSPS) is 11.2. The molecule has 3 aromatic rings. The molecule has 3 heterocycles. The zero-order valence-electron chi connectivity index (χ0n) is 9.68. The van der Waals surface area contributed by atoms with Crippen LogP contribution >= 0.6 is 0 Å². The predicted octanol–water partition coefficient (Wildman–Crippen LogP) is 1.54. The number of fused-ring (bicyclic) bond motifs is 1. The van der Waals surface area contributed by atoms with Gasteiger partial charge in [0.25, 0.3) is 0 Å². The lowest BCUT2D eigenvalue weighted by atomic mass is 10.3. The summed E-state index contributed by atoms with van der Waals surface area (Å²) >= 11 is 0. The first kappa shape index (κ1) is 9.95. The zero-order valence-corrected chi connectivity index (χ0v) is 9.68. The molecule has 0 amide bonds. The first-order chi connectivity index (χ1) is 8.28. The Morgan fingerprint density at radius 2 is 2.29 bits per heavy atom. The third-order valence-electron chi connectivity index (χ3n) is 2.61. The molecular weight excluding hydrogens is 216 g/mol. The molecule has 0 saturated heterocycles. The van der Waals surface area contributed by atoms with Gasteiger partial charge in [-0.2, -0.15) is 5.10 Å². The van der Waals surface area contributed by atoms with Crippen LogP contribution in [0.2, 0.25) is 0 Å². The Kier molecular flexibility index (Phi) is 2.14. The topological polar surface area (TPSA) is 72.3 Å². The third kappa shape index (κ3) is 1.57. The molecule has 3 aromatic heterocycles. The van der Waals surface area contributed by atoms with Crippen molar-refractivity contribution < 1.29 is 0 Å². The third-order valence-corrected chi connectivity index (χ3v) is 2.61. The SMILES string of the molecule is CCn1nc(C)cc1-c1nc2ncncc2[nH]1. The predicted molar refractivity (Wildman–Crippen MR) is 63.3 cm³/mol. The highest BCUT2D eigenvalue weighted by Gasteiger charge is 2.11. The highest BCUT2D eigenvalue weighted by Crippen LogP contribution is 2.19. The number of aryl methyl sites for hydroxylation is 2. The Labute approximate surface area is 97.7 Å².